The van der Waals surface area contributed by atoms with Gasteiger partial charge in [-0.1, -0.05) is 0 Å². The Bertz CT molecular complexity index is 420. The summed E-state index contributed by atoms with van der Waals surface area (Å²) < 4.78 is 5.12. The number of hydrogen-bond acceptors (Lipinski definition) is 3. The van der Waals surface area contributed by atoms with E-state index in [1.54, 1.807) is 12.1 Å². The Hall–Kier alpha value is -1.98. The maximum absolute atomic E-state index is 12.1. The van der Waals surface area contributed by atoms with E-state index < -0.39 is 11.5 Å². The highest BCUT2D eigenvalue weighted by Crippen LogP contribution is 2.14. The predicted molar refractivity (Wildman–Crippen MR) is 69.7 cm³/mol. The number of carboxylic acid groups (broad SMARTS) is 1. The number of carboxylic acids is 1. The van der Waals surface area contributed by atoms with Gasteiger partial charge in [0.2, 0.25) is 0 Å². The minimum atomic E-state index is -0.923. The van der Waals surface area contributed by atoms with E-state index in [9.17, 15) is 9.59 Å². The minimum Gasteiger partial charge on any atom is -0.481 e. The molecule has 106 valence electrons. The van der Waals surface area contributed by atoms with Crippen LogP contribution in [-0.4, -0.2) is 34.1 Å². The van der Waals surface area contributed by atoms with Crippen molar-refractivity contribution in [1.82, 2.24) is 10.2 Å². The average Bonchev–Trinajstić information content (AvgIpc) is 2.76. The number of aliphatic carboxylic acids is 1. The fourth-order valence-electron chi connectivity index (χ4n) is 1.62. The highest BCUT2D eigenvalue weighted by molar-refractivity contribution is 5.76. The van der Waals surface area contributed by atoms with Gasteiger partial charge in [-0.3, -0.25) is 4.79 Å². The molecule has 0 radical (unpaired) electrons. The maximum Gasteiger partial charge on any atom is 0.318 e. The topological polar surface area (TPSA) is 82.8 Å². The zero-order chi connectivity index (χ0) is 14.5. The number of furan rings is 1. The number of carbonyl (C=O) groups excluding carboxylic acids is 1. The second-order valence-corrected chi connectivity index (χ2v) is 5.20. The maximum atomic E-state index is 12.1. The van der Waals surface area contributed by atoms with Gasteiger partial charge >= 0.3 is 12.0 Å². The number of nitrogens with one attached hydrogen (secondary N) is 1. The van der Waals surface area contributed by atoms with Crippen molar-refractivity contribution in [3.8, 4) is 0 Å². The van der Waals surface area contributed by atoms with Crippen molar-refractivity contribution in [1.29, 1.82) is 0 Å². The number of carbonyl (C=O) groups is 2. The average molecular weight is 268 g/mol. The van der Waals surface area contributed by atoms with E-state index in [2.05, 4.69) is 5.32 Å². The molecule has 0 saturated heterocycles. The van der Waals surface area contributed by atoms with Crippen LogP contribution in [0.1, 0.15) is 33.0 Å². The molecule has 1 heterocycles. The summed E-state index contributed by atoms with van der Waals surface area (Å²) >= 11 is 0. The molecular formula is C13H20N2O4. The van der Waals surface area contributed by atoms with Gasteiger partial charge in [-0.05, 0) is 32.9 Å². The highest BCUT2D eigenvalue weighted by Gasteiger charge is 2.26. The van der Waals surface area contributed by atoms with E-state index >= 15 is 0 Å². The molecule has 2 N–H and O–H groups in total. The molecule has 0 bridgehead atoms. The summed E-state index contributed by atoms with van der Waals surface area (Å²) in [6.45, 7) is 6.04. The number of amides is 2. The lowest BCUT2D eigenvalue weighted by atomic mass is 10.1. The third kappa shape index (κ3) is 5.03. The van der Waals surface area contributed by atoms with Crippen molar-refractivity contribution < 1.29 is 19.1 Å². The van der Waals surface area contributed by atoms with E-state index in [0.29, 0.717) is 5.76 Å². The van der Waals surface area contributed by atoms with Crippen molar-refractivity contribution in [2.75, 3.05) is 6.54 Å². The van der Waals surface area contributed by atoms with Crippen LogP contribution in [-0.2, 0) is 11.3 Å². The first-order chi connectivity index (χ1) is 8.80. The van der Waals surface area contributed by atoms with Gasteiger partial charge in [0, 0.05) is 12.1 Å². The Labute approximate surface area is 112 Å². The number of hydrogen-bond donors (Lipinski definition) is 2. The standard InChI is InChI=1S/C13H20N2O4/c1-13(2,3)15(7-6-11(16)17)12(18)14-9-10-5-4-8-19-10/h4-5,8H,6-7,9H2,1-3H3,(H,14,18)(H,16,17). The molecule has 2 amide bonds. The lowest BCUT2D eigenvalue weighted by Crippen LogP contribution is -2.50. The quantitative estimate of drug-likeness (QED) is 0.856. The van der Waals surface area contributed by atoms with E-state index in [0.717, 1.165) is 0 Å². The Morgan fingerprint density at radius 3 is 2.58 bits per heavy atom. The highest BCUT2D eigenvalue weighted by atomic mass is 16.4. The Kier molecular flexibility index (Phi) is 4.97. The molecule has 0 fully saturated rings. The monoisotopic (exact) mass is 268 g/mol. The van der Waals surface area contributed by atoms with E-state index in [1.165, 1.54) is 11.2 Å². The molecule has 0 aliphatic rings. The van der Waals surface area contributed by atoms with Gasteiger partial charge in [0.15, 0.2) is 0 Å². The van der Waals surface area contributed by atoms with Gasteiger partial charge < -0.3 is 19.7 Å². The van der Waals surface area contributed by atoms with Crippen LogP contribution < -0.4 is 5.32 Å². The van der Waals surface area contributed by atoms with Gasteiger partial charge in [-0.2, -0.15) is 0 Å². The van der Waals surface area contributed by atoms with Gasteiger partial charge in [0.1, 0.15) is 5.76 Å². The Balaban J connectivity index is 2.58. The van der Waals surface area contributed by atoms with Crippen LogP contribution in [0.3, 0.4) is 0 Å². The lowest BCUT2D eigenvalue weighted by Gasteiger charge is -2.35. The molecule has 0 spiro atoms. The van der Waals surface area contributed by atoms with Crippen LogP contribution in [0, 0.1) is 0 Å². The fraction of sp³-hybridized carbons (Fsp3) is 0.538. The molecule has 1 aromatic rings. The summed E-state index contributed by atoms with van der Waals surface area (Å²) in [6.07, 6.45) is 1.46. The summed E-state index contributed by atoms with van der Waals surface area (Å²) in [7, 11) is 0. The van der Waals surface area contributed by atoms with Gasteiger partial charge in [0.05, 0.1) is 19.2 Å². The summed E-state index contributed by atoms with van der Waals surface area (Å²) in [5, 5.41) is 11.4. The largest absolute Gasteiger partial charge is 0.481 e. The summed E-state index contributed by atoms with van der Waals surface area (Å²) in [6, 6.07) is 3.21. The van der Waals surface area contributed by atoms with Gasteiger partial charge in [0.25, 0.3) is 0 Å². The molecule has 1 aromatic heterocycles. The van der Waals surface area contributed by atoms with Crippen molar-refractivity contribution in [2.24, 2.45) is 0 Å². The summed E-state index contributed by atoms with van der Waals surface area (Å²) in [5.41, 5.74) is -0.442. The third-order valence-electron chi connectivity index (χ3n) is 2.60. The molecule has 0 atom stereocenters. The first kappa shape index (κ1) is 15.1. The van der Waals surface area contributed by atoms with Crippen molar-refractivity contribution in [2.45, 2.75) is 39.3 Å². The normalized spacial score (nSPS) is 11.1. The van der Waals surface area contributed by atoms with Crippen LogP contribution in [0.5, 0.6) is 0 Å². The summed E-state index contributed by atoms with van der Waals surface area (Å²) in [4.78, 5) is 24.2. The molecular weight excluding hydrogens is 248 g/mol. The fourth-order valence-corrected chi connectivity index (χ4v) is 1.62. The molecule has 6 nitrogen and oxygen atoms in total. The lowest BCUT2D eigenvalue weighted by molar-refractivity contribution is -0.137. The van der Waals surface area contributed by atoms with Crippen LogP contribution in [0.4, 0.5) is 4.79 Å². The first-order valence-electron chi connectivity index (χ1n) is 6.10. The zero-order valence-corrected chi connectivity index (χ0v) is 11.5. The minimum absolute atomic E-state index is 0.0779. The Morgan fingerprint density at radius 2 is 2.11 bits per heavy atom. The van der Waals surface area contributed by atoms with Crippen LogP contribution >= 0.6 is 0 Å². The van der Waals surface area contributed by atoms with Gasteiger partial charge in [-0.25, -0.2) is 4.79 Å². The molecule has 6 heteroatoms. The SMILES string of the molecule is CC(C)(C)N(CCC(=O)O)C(=O)NCc1ccco1. The number of urea groups is 1. The second-order valence-electron chi connectivity index (χ2n) is 5.20. The molecule has 0 aromatic carbocycles. The van der Waals surface area contributed by atoms with E-state index in [1.807, 2.05) is 20.8 Å². The molecule has 0 unspecified atom stereocenters. The zero-order valence-electron chi connectivity index (χ0n) is 11.5. The molecule has 0 saturated carbocycles. The van der Waals surface area contributed by atoms with Crippen molar-refractivity contribution in [3.63, 3.8) is 0 Å². The number of rotatable bonds is 5. The molecule has 0 aliphatic carbocycles. The smallest absolute Gasteiger partial charge is 0.318 e. The first-order valence-corrected chi connectivity index (χ1v) is 6.10. The second kappa shape index (κ2) is 6.26. The van der Waals surface area contributed by atoms with Crippen LogP contribution in [0.15, 0.2) is 22.8 Å². The van der Waals surface area contributed by atoms with Gasteiger partial charge in [-0.15, -0.1) is 0 Å². The third-order valence-corrected chi connectivity index (χ3v) is 2.60. The number of nitrogens with zero attached hydrogens (tertiary/aromatic N) is 1. The van der Waals surface area contributed by atoms with Crippen LogP contribution in [0.25, 0.3) is 0 Å². The predicted octanol–water partition coefficient (Wildman–Crippen LogP) is 2.06. The van der Waals surface area contributed by atoms with E-state index in [4.69, 9.17) is 9.52 Å². The van der Waals surface area contributed by atoms with Crippen LogP contribution in [0.2, 0.25) is 0 Å². The van der Waals surface area contributed by atoms with Crippen molar-refractivity contribution >= 4 is 12.0 Å². The Morgan fingerprint density at radius 1 is 1.42 bits per heavy atom. The summed E-state index contributed by atoms with van der Waals surface area (Å²) in [5.74, 6) is -0.270. The van der Waals surface area contributed by atoms with Crippen molar-refractivity contribution in [3.05, 3.63) is 24.2 Å². The molecule has 0 aliphatic heterocycles. The van der Waals surface area contributed by atoms with E-state index in [-0.39, 0.29) is 25.5 Å². The molecule has 19 heavy (non-hydrogen) atoms. The molecule has 1 rings (SSSR count).